The third-order valence-electron chi connectivity index (χ3n) is 3.13. The quantitative estimate of drug-likeness (QED) is 0.603. The number of nitrogens with one attached hydrogen (secondary N) is 1. The maximum absolute atomic E-state index is 8.91. The summed E-state index contributed by atoms with van der Waals surface area (Å²) in [5, 5.41) is 12.4. The van der Waals surface area contributed by atoms with Crippen LogP contribution in [0.25, 0.3) is 0 Å². The second-order valence-electron chi connectivity index (χ2n) is 3.86. The number of fused-ring (bicyclic) bond motifs is 2. The van der Waals surface area contributed by atoms with Gasteiger partial charge in [-0.1, -0.05) is 6.42 Å². The molecule has 2 atom stereocenters. The Hall–Kier alpha value is -0.120. The number of hydrogen-bond donors (Lipinski definition) is 2. The van der Waals surface area contributed by atoms with Crippen LogP contribution < -0.4 is 5.32 Å². The van der Waals surface area contributed by atoms with Crippen LogP contribution in [0, 0.1) is 0 Å². The fraction of sp³-hybridized carbons (Fsp3) is 1.00. The van der Waals surface area contributed by atoms with Gasteiger partial charge in [-0.2, -0.15) is 0 Å². The Kier molecular flexibility index (Phi) is 2.63. The molecule has 0 radical (unpaired) electrons. The van der Waals surface area contributed by atoms with Gasteiger partial charge in [-0.25, -0.2) is 0 Å². The highest BCUT2D eigenvalue weighted by Gasteiger charge is 2.32. The molecule has 0 saturated carbocycles. The summed E-state index contributed by atoms with van der Waals surface area (Å²) in [6.45, 7) is 3.43. The van der Waals surface area contributed by atoms with Crippen LogP contribution in [0.2, 0.25) is 0 Å². The molecule has 0 aromatic carbocycles. The van der Waals surface area contributed by atoms with Gasteiger partial charge in [0.15, 0.2) is 0 Å². The third-order valence-corrected chi connectivity index (χ3v) is 3.13. The molecule has 2 saturated heterocycles. The summed E-state index contributed by atoms with van der Waals surface area (Å²) in [4.78, 5) is 2.49. The van der Waals surface area contributed by atoms with Crippen molar-refractivity contribution in [3.05, 3.63) is 0 Å². The summed E-state index contributed by atoms with van der Waals surface area (Å²) >= 11 is 0. The van der Waals surface area contributed by atoms with Gasteiger partial charge in [-0.3, -0.25) is 4.90 Å². The van der Waals surface area contributed by atoms with E-state index in [0.29, 0.717) is 18.7 Å². The lowest BCUT2D eigenvalue weighted by atomic mass is 9.92. The highest BCUT2D eigenvalue weighted by Crippen LogP contribution is 2.24. The van der Waals surface area contributed by atoms with Crippen LogP contribution in [0.15, 0.2) is 0 Å². The molecule has 70 valence electrons. The fourth-order valence-corrected chi connectivity index (χ4v) is 2.55. The molecule has 3 heteroatoms. The van der Waals surface area contributed by atoms with Gasteiger partial charge in [0.1, 0.15) is 0 Å². The molecule has 2 heterocycles. The largest absolute Gasteiger partial charge is 0.395 e. The summed E-state index contributed by atoms with van der Waals surface area (Å²) in [5.41, 5.74) is 0. The van der Waals surface area contributed by atoms with Crippen molar-refractivity contribution in [1.29, 1.82) is 0 Å². The zero-order chi connectivity index (χ0) is 8.39. The number of piperazine rings is 1. The van der Waals surface area contributed by atoms with E-state index in [1.165, 1.54) is 19.3 Å². The number of rotatable bonds is 2. The van der Waals surface area contributed by atoms with Crippen molar-refractivity contribution in [1.82, 2.24) is 10.2 Å². The van der Waals surface area contributed by atoms with Crippen molar-refractivity contribution in [2.24, 2.45) is 0 Å². The average molecular weight is 170 g/mol. The van der Waals surface area contributed by atoms with Crippen LogP contribution in [-0.4, -0.2) is 48.3 Å². The standard InChI is InChI=1S/C9H18N2O/c12-5-4-11-8-2-1-3-9(11)7-10-6-8/h8-10,12H,1-7H2. The minimum atomic E-state index is 0.313. The summed E-state index contributed by atoms with van der Waals surface area (Å²) in [6, 6.07) is 1.40. The zero-order valence-electron chi connectivity index (χ0n) is 7.50. The van der Waals surface area contributed by atoms with Crippen molar-refractivity contribution in [3.8, 4) is 0 Å². The van der Waals surface area contributed by atoms with Crippen LogP contribution in [0.1, 0.15) is 19.3 Å². The molecular formula is C9H18N2O. The average Bonchev–Trinajstić information content (AvgIpc) is 2.04. The number of hydrogen-bond acceptors (Lipinski definition) is 3. The van der Waals surface area contributed by atoms with Crippen molar-refractivity contribution < 1.29 is 5.11 Å². The van der Waals surface area contributed by atoms with E-state index in [0.717, 1.165) is 19.6 Å². The SMILES string of the molecule is OCCN1C2CCCC1CNC2. The van der Waals surface area contributed by atoms with E-state index in [1.807, 2.05) is 0 Å². The van der Waals surface area contributed by atoms with Crippen LogP contribution in [0.5, 0.6) is 0 Å². The molecule has 2 fully saturated rings. The van der Waals surface area contributed by atoms with Gasteiger partial charge in [0, 0.05) is 31.7 Å². The first kappa shape index (κ1) is 8.48. The Labute approximate surface area is 73.8 Å². The van der Waals surface area contributed by atoms with Gasteiger partial charge < -0.3 is 10.4 Å². The Bertz CT molecular complexity index is 129. The zero-order valence-corrected chi connectivity index (χ0v) is 7.50. The summed E-state index contributed by atoms with van der Waals surface area (Å²) < 4.78 is 0. The molecule has 2 N–H and O–H groups in total. The lowest BCUT2D eigenvalue weighted by Gasteiger charge is -2.46. The van der Waals surface area contributed by atoms with Gasteiger partial charge in [-0.15, -0.1) is 0 Å². The molecule has 2 aliphatic heterocycles. The smallest absolute Gasteiger partial charge is 0.0558 e. The first-order chi connectivity index (χ1) is 5.92. The maximum Gasteiger partial charge on any atom is 0.0558 e. The number of piperidine rings is 1. The maximum atomic E-state index is 8.91. The lowest BCUT2D eigenvalue weighted by Crippen LogP contribution is -2.60. The van der Waals surface area contributed by atoms with Gasteiger partial charge in [0.25, 0.3) is 0 Å². The van der Waals surface area contributed by atoms with Crippen LogP contribution in [0.4, 0.5) is 0 Å². The Morgan fingerprint density at radius 2 is 1.92 bits per heavy atom. The van der Waals surface area contributed by atoms with E-state index in [4.69, 9.17) is 5.11 Å². The van der Waals surface area contributed by atoms with Gasteiger partial charge >= 0.3 is 0 Å². The van der Waals surface area contributed by atoms with Crippen molar-refractivity contribution in [2.75, 3.05) is 26.2 Å². The molecule has 0 spiro atoms. The van der Waals surface area contributed by atoms with Crippen LogP contribution >= 0.6 is 0 Å². The molecule has 12 heavy (non-hydrogen) atoms. The molecular weight excluding hydrogens is 152 g/mol. The van der Waals surface area contributed by atoms with Crippen LogP contribution in [0.3, 0.4) is 0 Å². The molecule has 0 aromatic heterocycles. The van der Waals surface area contributed by atoms with E-state index in [-0.39, 0.29) is 0 Å². The Morgan fingerprint density at radius 3 is 2.50 bits per heavy atom. The molecule has 2 unspecified atom stereocenters. The van der Waals surface area contributed by atoms with E-state index in [2.05, 4.69) is 10.2 Å². The minimum Gasteiger partial charge on any atom is -0.395 e. The number of aliphatic hydroxyl groups is 1. The Morgan fingerprint density at radius 1 is 1.25 bits per heavy atom. The van der Waals surface area contributed by atoms with Crippen molar-refractivity contribution in [2.45, 2.75) is 31.3 Å². The van der Waals surface area contributed by atoms with Crippen LogP contribution in [-0.2, 0) is 0 Å². The van der Waals surface area contributed by atoms with E-state index >= 15 is 0 Å². The highest BCUT2D eigenvalue weighted by molar-refractivity contribution is 4.91. The molecule has 2 bridgehead atoms. The van der Waals surface area contributed by atoms with Gasteiger partial charge in [-0.05, 0) is 12.8 Å². The highest BCUT2D eigenvalue weighted by atomic mass is 16.3. The second-order valence-corrected chi connectivity index (χ2v) is 3.86. The van der Waals surface area contributed by atoms with E-state index < -0.39 is 0 Å². The normalized spacial score (nSPS) is 36.8. The topological polar surface area (TPSA) is 35.5 Å². The Balaban J connectivity index is 1.98. The molecule has 2 rings (SSSR count). The first-order valence-corrected chi connectivity index (χ1v) is 4.99. The molecule has 0 aliphatic carbocycles. The number of aliphatic hydroxyl groups excluding tert-OH is 1. The minimum absolute atomic E-state index is 0.313. The van der Waals surface area contributed by atoms with Gasteiger partial charge in [0.05, 0.1) is 6.61 Å². The second kappa shape index (κ2) is 3.73. The van der Waals surface area contributed by atoms with E-state index in [1.54, 1.807) is 0 Å². The summed E-state index contributed by atoms with van der Waals surface area (Å²) in [6.07, 6.45) is 3.99. The molecule has 0 amide bonds. The lowest BCUT2D eigenvalue weighted by molar-refractivity contribution is 0.0379. The van der Waals surface area contributed by atoms with Crippen molar-refractivity contribution in [3.63, 3.8) is 0 Å². The molecule has 2 aliphatic rings. The first-order valence-electron chi connectivity index (χ1n) is 4.99. The third kappa shape index (κ3) is 1.49. The molecule has 0 aromatic rings. The summed E-state index contributed by atoms with van der Waals surface area (Å²) in [7, 11) is 0. The number of nitrogens with zero attached hydrogens (tertiary/aromatic N) is 1. The predicted molar refractivity (Wildman–Crippen MR) is 48.1 cm³/mol. The van der Waals surface area contributed by atoms with Crippen molar-refractivity contribution >= 4 is 0 Å². The monoisotopic (exact) mass is 170 g/mol. The predicted octanol–water partition coefficient (Wildman–Crippen LogP) is -0.195. The fourth-order valence-electron chi connectivity index (χ4n) is 2.55. The van der Waals surface area contributed by atoms with E-state index in [9.17, 15) is 0 Å². The van der Waals surface area contributed by atoms with Gasteiger partial charge in [0.2, 0.25) is 0 Å². The molecule has 3 nitrogen and oxygen atoms in total. The summed E-state index contributed by atoms with van der Waals surface area (Å²) in [5.74, 6) is 0.